The first-order valence-electron chi connectivity index (χ1n) is 10.2. The zero-order valence-corrected chi connectivity index (χ0v) is 18.2. The second-order valence-electron chi connectivity index (χ2n) is 7.61. The minimum absolute atomic E-state index is 0.0512. The van der Waals surface area contributed by atoms with Crippen LogP contribution >= 0.6 is 0 Å². The number of anilines is 1. The minimum atomic E-state index is -1.03. The Morgan fingerprint density at radius 1 is 1.03 bits per heavy atom. The molecule has 9 nitrogen and oxygen atoms in total. The van der Waals surface area contributed by atoms with Crippen molar-refractivity contribution in [2.45, 2.75) is 18.9 Å². The number of amides is 1. The van der Waals surface area contributed by atoms with Crippen LogP contribution in [0.25, 0.3) is 0 Å². The van der Waals surface area contributed by atoms with E-state index in [-0.39, 0.29) is 12.4 Å². The lowest BCUT2D eigenvalue weighted by Crippen LogP contribution is -2.35. The standard InChI is InChI=1S/C24H21NO8/c1-12-8-16-20(24(27)32-12)19(13-9-17(29-3)21-18(10-13)30-11-31-21)22(33-16)23(26)25-14-4-6-15(28-2)7-5-14/h4-10,19,22H,11H2,1-3H3,(H,25,26)/t19-,22+/m0/s1. The number of hydrogen-bond donors (Lipinski definition) is 1. The van der Waals surface area contributed by atoms with E-state index in [2.05, 4.69) is 5.32 Å². The third-order valence-electron chi connectivity index (χ3n) is 5.60. The molecule has 33 heavy (non-hydrogen) atoms. The van der Waals surface area contributed by atoms with E-state index in [0.717, 1.165) is 0 Å². The molecule has 0 spiro atoms. The van der Waals surface area contributed by atoms with E-state index in [1.807, 2.05) is 0 Å². The molecule has 3 heterocycles. The molecular formula is C24H21NO8. The van der Waals surface area contributed by atoms with Gasteiger partial charge < -0.3 is 33.4 Å². The third kappa shape index (κ3) is 3.61. The first-order chi connectivity index (χ1) is 16.0. The Morgan fingerprint density at radius 2 is 1.82 bits per heavy atom. The number of rotatable bonds is 5. The maximum atomic E-state index is 13.3. The van der Waals surface area contributed by atoms with Gasteiger partial charge in [0, 0.05) is 11.8 Å². The molecule has 9 heteroatoms. The largest absolute Gasteiger partial charge is 0.497 e. The number of aryl methyl sites for hydroxylation is 1. The van der Waals surface area contributed by atoms with E-state index in [1.165, 1.54) is 7.11 Å². The summed E-state index contributed by atoms with van der Waals surface area (Å²) in [6.07, 6.45) is -1.03. The Balaban J connectivity index is 1.56. The van der Waals surface area contributed by atoms with Crippen molar-refractivity contribution < 1.29 is 32.9 Å². The lowest BCUT2D eigenvalue weighted by atomic mass is 9.88. The van der Waals surface area contributed by atoms with Gasteiger partial charge >= 0.3 is 5.63 Å². The molecule has 0 aliphatic carbocycles. The zero-order chi connectivity index (χ0) is 23.1. The highest BCUT2D eigenvalue weighted by atomic mass is 16.7. The quantitative estimate of drug-likeness (QED) is 0.630. The van der Waals surface area contributed by atoms with Crippen molar-refractivity contribution in [2.24, 2.45) is 0 Å². The van der Waals surface area contributed by atoms with Gasteiger partial charge in [-0.25, -0.2) is 4.79 Å². The normalized spacial score (nSPS) is 17.8. The molecule has 1 N–H and O–H groups in total. The van der Waals surface area contributed by atoms with E-state index in [9.17, 15) is 9.59 Å². The topological polar surface area (TPSA) is 105 Å². The zero-order valence-electron chi connectivity index (χ0n) is 18.2. The highest BCUT2D eigenvalue weighted by Gasteiger charge is 2.44. The summed E-state index contributed by atoms with van der Waals surface area (Å²) in [5.41, 5.74) is 0.856. The summed E-state index contributed by atoms with van der Waals surface area (Å²) >= 11 is 0. The first-order valence-corrected chi connectivity index (χ1v) is 10.2. The van der Waals surface area contributed by atoms with Crippen LogP contribution in [0.5, 0.6) is 28.7 Å². The first kappa shape index (κ1) is 20.7. The van der Waals surface area contributed by atoms with Crippen LogP contribution < -0.4 is 34.6 Å². The molecule has 2 atom stereocenters. The molecule has 0 saturated carbocycles. The van der Waals surface area contributed by atoms with Crippen LogP contribution in [-0.2, 0) is 4.79 Å². The van der Waals surface area contributed by atoms with E-state index >= 15 is 0 Å². The summed E-state index contributed by atoms with van der Waals surface area (Å²) in [4.78, 5) is 26.1. The second kappa shape index (κ2) is 8.09. The molecule has 1 amide bonds. The molecular weight excluding hydrogens is 430 g/mol. The Labute approximate surface area is 188 Å². The molecule has 3 aromatic rings. The van der Waals surface area contributed by atoms with Crippen LogP contribution in [0.15, 0.2) is 51.7 Å². The van der Waals surface area contributed by atoms with Gasteiger partial charge in [-0.2, -0.15) is 0 Å². The van der Waals surface area contributed by atoms with E-state index in [1.54, 1.807) is 56.5 Å². The van der Waals surface area contributed by atoms with E-state index < -0.39 is 23.6 Å². The average Bonchev–Trinajstić information content (AvgIpc) is 3.43. The van der Waals surface area contributed by atoms with Gasteiger partial charge in [0.05, 0.1) is 25.7 Å². The maximum Gasteiger partial charge on any atom is 0.343 e. The SMILES string of the molecule is COc1ccc(NC(=O)[C@@H]2Oc3cc(C)oc(=O)c3[C@@H]2c2cc(OC)c3c(c2)OCO3)cc1. The molecule has 0 bridgehead atoms. The fraction of sp³-hybridized carbons (Fsp3) is 0.250. The number of fused-ring (bicyclic) bond motifs is 2. The molecule has 2 aliphatic heterocycles. The summed E-state index contributed by atoms with van der Waals surface area (Å²) in [5.74, 6) is 1.54. The molecule has 2 aromatic carbocycles. The van der Waals surface area contributed by atoms with Gasteiger partial charge in [-0.1, -0.05) is 0 Å². The van der Waals surface area contributed by atoms with E-state index in [4.69, 9.17) is 28.1 Å². The fourth-order valence-electron chi connectivity index (χ4n) is 4.09. The number of ether oxygens (including phenoxy) is 5. The Hall–Kier alpha value is -4.14. The molecule has 2 aliphatic rings. The van der Waals surface area contributed by atoms with Crippen molar-refractivity contribution in [1.82, 2.24) is 0 Å². The van der Waals surface area contributed by atoms with Gasteiger partial charge in [0.1, 0.15) is 17.3 Å². The third-order valence-corrected chi connectivity index (χ3v) is 5.60. The van der Waals surface area contributed by atoms with Gasteiger partial charge in [-0.05, 0) is 48.9 Å². The molecule has 170 valence electrons. The molecule has 0 saturated heterocycles. The predicted molar refractivity (Wildman–Crippen MR) is 117 cm³/mol. The van der Waals surface area contributed by atoms with Gasteiger partial charge in [0.15, 0.2) is 17.6 Å². The lowest BCUT2D eigenvalue weighted by Gasteiger charge is -2.20. The summed E-state index contributed by atoms with van der Waals surface area (Å²) in [5, 5.41) is 2.85. The molecule has 1 aromatic heterocycles. The number of nitrogens with one attached hydrogen (secondary N) is 1. The van der Waals surface area contributed by atoms with Crippen LogP contribution in [0.2, 0.25) is 0 Å². The molecule has 0 unspecified atom stereocenters. The van der Waals surface area contributed by atoms with Crippen LogP contribution in [0, 0.1) is 6.92 Å². The minimum Gasteiger partial charge on any atom is -0.497 e. The van der Waals surface area contributed by atoms with Gasteiger partial charge in [0.2, 0.25) is 12.5 Å². The predicted octanol–water partition coefficient (Wildman–Crippen LogP) is 3.23. The van der Waals surface area contributed by atoms with Gasteiger partial charge in [-0.15, -0.1) is 0 Å². The van der Waals surface area contributed by atoms with E-state index in [0.29, 0.717) is 45.8 Å². The summed E-state index contributed by atoms with van der Waals surface area (Å²) in [6, 6.07) is 11.9. The average molecular weight is 451 g/mol. The van der Waals surface area contributed by atoms with Crippen LogP contribution in [0.1, 0.15) is 22.8 Å². The maximum absolute atomic E-state index is 13.3. The van der Waals surface area contributed by atoms with Crippen molar-refractivity contribution in [3.8, 4) is 28.7 Å². The van der Waals surface area contributed by atoms with Crippen molar-refractivity contribution in [1.29, 1.82) is 0 Å². The fourth-order valence-corrected chi connectivity index (χ4v) is 4.09. The lowest BCUT2D eigenvalue weighted by molar-refractivity contribution is -0.122. The molecule has 5 rings (SSSR count). The van der Waals surface area contributed by atoms with Gasteiger partial charge in [0.25, 0.3) is 5.91 Å². The van der Waals surface area contributed by atoms with Crippen LogP contribution in [0.3, 0.4) is 0 Å². The Kier molecular flexibility index (Phi) is 5.08. The monoisotopic (exact) mass is 451 g/mol. The van der Waals surface area contributed by atoms with Crippen LogP contribution in [0.4, 0.5) is 5.69 Å². The Morgan fingerprint density at radius 3 is 2.55 bits per heavy atom. The highest BCUT2D eigenvalue weighted by Crippen LogP contribution is 2.48. The Bertz CT molecular complexity index is 1280. The summed E-state index contributed by atoms with van der Waals surface area (Å²) in [6.45, 7) is 1.70. The van der Waals surface area contributed by atoms with Crippen molar-refractivity contribution >= 4 is 11.6 Å². The van der Waals surface area contributed by atoms with Gasteiger partial charge in [-0.3, -0.25) is 4.79 Å². The summed E-state index contributed by atoms with van der Waals surface area (Å²) < 4.78 is 32.9. The number of carbonyl (C=O) groups excluding carboxylic acids is 1. The number of benzene rings is 2. The summed E-state index contributed by atoms with van der Waals surface area (Å²) in [7, 11) is 3.07. The van der Waals surface area contributed by atoms with Crippen molar-refractivity contribution in [3.05, 3.63) is 69.8 Å². The van der Waals surface area contributed by atoms with Crippen LogP contribution in [-0.4, -0.2) is 33.0 Å². The molecule has 0 fully saturated rings. The molecule has 0 radical (unpaired) electrons. The number of carbonyl (C=O) groups is 1. The van der Waals surface area contributed by atoms with Crippen molar-refractivity contribution in [2.75, 3.05) is 26.3 Å². The highest BCUT2D eigenvalue weighted by molar-refractivity contribution is 5.96. The number of methoxy groups -OCH3 is 2. The second-order valence-corrected chi connectivity index (χ2v) is 7.61. The number of hydrogen-bond acceptors (Lipinski definition) is 8. The smallest absolute Gasteiger partial charge is 0.343 e. The van der Waals surface area contributed by atoms with Crippen molar-refractivity contribution in [3.63, 3.8) is 0 Å².